The number of aliphatic hydroxyl groups excluding tert-OH is 1. The maximum atomic E-state index is 12.6. The van der Waals surface area contributed by atoms with Gasteiger partial charge in [0.2, 0.25) is 0 Å². The number of hydrogen-bond acceptors (Lipinski definition) is 7. The summed E-state index contributed by atoms with van der Waals surface area (Å²) >= 11 is 0. The molecule has 2 heterocycles. The molecule has 4 rings (SSSR count). The largest absolute Gasteiger partial charge is 0.756 e. The molecule has 28 heavy (non-hydrogen) atoms. The third-order valence-corrected chi connectivity index (χ3v) is 8.14. The summed E-state index contributed by atoms with van der Waals surface area (Å²) in [7, 11) is -0.686. The second-order valence-electron chi connectivity index (χ2n) is 8.41. The number of aliphatic hydroxyl groups is 1. The molecule has 0 spiro atoms. The minimum atomic E-state index is -4.56. The number of hydrogen-bond donors (Lipinski definition) is 1. The van der Waals surface area contributed by atoms with Crippen molar-refractivity contribution < 1.29 is 65.8 Å². The molecule has 7 nitrogen and oxygen atoms in total. The molecule has 11 heteroatoms. The van der Waals surface area contributed by atoms with E-state index in [4.69, 9.17) is 18.5 Å². The van der Waals surface area contributed by atoms with Crippen LogP contribution in [0.2, 0.25) is 13.6 Å². The third kappa shape index (κ3) is 3.80. The molecule has 0 aromatic carbocycles. The number of ether oxygens (including phenoxy) is 2. The van der Waals surface area contributed by atoms with Crippen LogP contribution in [0.15, 0.2) is 0 Å². The van der Waals surface area contributed by atoms with Gasteiger partial charge in [-0.05, 0) is 32.1 Å². The van der Waals surface area contributed by atoms with Crippen molar-refractivity contribution in [1.82, 2.24) is 0 Å². The molecular weight excluding hydrogens is 458 g/mol. The minimum Gasteiger partial charge on any atom is -0.756 e. The monoisotopic (exact) mass is 486 g/mol. The molecule has 9 atom stereocenters. The van der Waals surface area contributed by atoms with Gasteiger partial charge in [0.05, 0.1) is 24.4 Å². The molecule has 0 amide bonds. The minimum absolute atomic E-state index is 0. The standard InChI is InChI=1S/C17H29B2O7P.Y/c1-4-16-7-6-11(15(19-3)24-16)13(16)26-27(21,22)23-9-17-8-5-10(12(17)20)14(18-2)25-17;/h10-15,20H,4-9H2,1-3H3,(H,21,22);/p-1/t10?,11?,12-,13-,14-,15-,16+,17-;/m1./s1. The SMILES string of the molecule is C[B][C@@H]1O[C@@]2(COP(=O)([O-])O[C@@H]3C4CC[C@]3(CC)O[C@H]4[B]C)CCC1[C@H]2O.[Y]. The topological polar surface area (TPSA) is 97.3 Å². The van der Waals surface area contributed by atoms with Gasteiger partial charge in [-0.15, -0.1) is 0 Å². The average Bonchev–Trinajstić information content (AvgIpc) is 3.35. The smallest absolute Gasteiger partial charge is 0.268 e. The van der Waals surface area contributed by atoms with Gasteiger partial charge in [0.15, 0.2) is 0 Å². The Kier molecular flexibility index (Phi) is 7.36. The summed E-state index contributed by atoms with van der Waals surface area (Å²) in [6.45, 7) is 5.59. The van der Waals surface area contributed by atoms with Gasteiger partial charge in [-0.2, -0.15) is 0 Å². The van der Waals surface area contributed by atoms with Gasteiger partial charge in [0.25, 0.3) is 7.82 Å². The van der Waals surface area contributed by atoms with Crippen LogP contribution in [0.4, 0.5) is 0 Å². The third-order valence-electron chi connectivity index (χ3n) is 7.20. The van der Waals surface area contributed by atoms with Gasteiger partial charge in [-0.3, -0.25) is 4.57 Å². The van der Waals surface area contributed by atoms with Crippen molar-refractivity contribution in [2.75, 3.05) is 6.61 Å². The fraction of sp³-hybridized carbons (Fsp3) is 1.00. The van der Waals surface area contributed by atoms with E-state index in [0.29, 0.717) is 12.8 Å². The van der Waals surface area contributed by atoms with Crippen molar-refractivity contribution in [3.8, 4) is 0 Å². The van der Waals surface area contributed by atoms with E-state index in [1.165, 1.54) is 0 Å². The fourth-order valence-corrected chi connectivity index (χ4v) is 6.73. The quantitative estimate of drug-likeness (QED) is 0.407. The van der Waals surface area contributed by atoms with Crippen LogP contribution in [0.5, 0.6) is 0 Å². The molecule has 3 unspecified atom stereocenters. The van der Waals surface area contributed by atoms with E-state index in [2.05, 4.69) is 0 Å². The van der Waals surface area contributed by atoms with E-state index in [-0.39, 0.29) is 63.2 Å². The van der Waals surface area contributed by atoms with Crippen LogP contribution < -0.4 is 4.89 Å². The molecule has 153 valence electrons. The Labute approximate surface area is 194 Å². The molecule has 2 saturated heterocycles. The van der Waals surface area contributed by atoms with Crippen molar-refractivity contribution in [2.45, 2.75) is 88.1 Å². The van der Waals surface area contributed by atoms with Crippen LogP contribution in [0, 0.1) is 11.8 Å². The molecule has 1 N–H and O–H groups in total. The summed E-state index contributed by atoms with van der Waals surface area (Å²) in [4.78, 5) is 12.6. The van der Waals surface area contributed by atoms with Crippen molar-refractivity contribution in [1.29, 1.82) is 0 Å². The Bertz CT molecular complexity index is 630. The molecule has 3 radical (unpaired) electrons. The van der Waals surface area contributed by atoms with Crippen molar-refractivity contribution in [3.05, 3.63) is 0 Å². The van der Waals surface area contributed by atoms with Crippen LogP contribution >= 0.6 is 7.82 Å². The Balaban J connectivity index is 0.00000225. The molecule has 2 aliphatic carbocycles. The predicted octanol–water partition coefficient (Wildman–Crippen LogP) is 1.14. The summed E-state index contributed by atoms with van der Waals surface area (Å²) in [5.74, 6) is 0.0380. The van der Waals surface area contributed by atoms with E-state index in [1.807, 2.05) is 35.1 Å². The zero-order chi connectivity index (χ0) is 19.4. The van der Waals surface area contributed by atoms with Crippen molar-refractivity contribution in [2.24, 2.45) is 11.8 Å². The van der Waals surface area contributed by atoms with Gasteiger partial charge < -0.3 is 28.5 Å². The number of phosphoric acid groups is 1. The van der Waals surface area contributed by atoms with Gasteiger partial charge in [0.1, 0.15) is 20.2 Å². The second-order valence-corrected chi connectivity index (χ2v) is 9.77. The summed E-state index contributed by atoms with van der Waals surface area (Å²) in [5.41, 5.74) is -1.52. The van der Waals surface area contributed by atoms with E-state index in [9.17, 15) is 14.6 Å². The molecule has 2 aliphatic heterocycles. The molecule has 2 saturated carbocycles. The molecule has 4 fully saturated rings. The van der Waals surface area contributed by atoms with E-state index in [1.54, 1.807) is 0 Å². The summed E-state index contributed by atoms with van der Waals surface area (Å²) in [6, 6.07) is -0.244. The molecule has 0 aromatic rings. The van der Waals surface area contributed by atoms with Crippen molar-refractivity contribution >= 4 is 22.4 Å². The Morgan fingerprint density at radius 1 is 1.14 bits per heavy atom. The Hall–Kier alpha value is 1.22. The summed E-state index contributed by atoms with van der Waals surface area (Å²) in [5, 5.41) is 10.5. The van der Waals surface area contributed by atoms with E-state index >= 15 is 0 Å². The van der Waals surface area contributed by atoms with Gasteiger partial charge in [-0.25, -0.2) is 0 Å². The van der Waals surface area contributed by atoms with E-state index in [0.717, 1.165) is 19.3 Å². The van der Waals surface area contributed by atoms with Crippen LogP contribution in [-0.2, 0) is 55.8 Å². The Morgan fingerprint density at radius 3 is 2.32 bits per heavy atom. The normalized spacial score (nSPS) is 48.3. The predicted molar refractivity (Wildman–Crippen MR) is 98.6 cm³/mol. The van der Waals surface area contributed by atoms with Crippen LogP contribution in [0.25, 0.3) is 0 Å². The zero-order valence-electron chi connectivity index (χ0n) is 16.8. The van der Waals surface area contributed by atoms with Crippen LogP contribution in [0.3, 0.4) is 0 Å². The average molecular weight is 486 g/mol. The van der Waals surface area contributed by atoms with Gasteiger partial charge >= 0.3 is 0 Å². The number of rotatable bonds is 8. The zero-order valence-corrected chi connectivity index (χ0v) is 20.5. The van der Waals surface area contributed by atoms with Crippen LogP contribution in [-0.4, -0.2) is 61.7 Å². The first-order valence-corrected chi connectivity index (χ1v) is 11.5. The number of phosphoric ester groups is 1. The van der Waals surface area contributed by atoms with E-state index < -0.39 is 31.2 Å². The Morgan fingerprint density at radius 2 is 1.71 bits per heavy atom. The fourth-order valence-electron chi connectivity index (χ4n) is 5.67. The van der Waals surface area contributed by atoms with Crippen LogP contribution in [0.1, 0.15) is 39.0 Å². The second kappa shape index (κ2) is 8.63. The van der Waals surface area contributed by atoms with Gasteiger partial charge in [-0.1, -0.05) is 20.6 Å². The number of fused-ring (bicyclic) bond motifs is 4. The first kappa shape index (κ1) is 23.9. The summed E-state index contributed by atoms with van der Waals surface area (Å²) < 4.78 is 35.5. The maximum absolute atomic E-state index is 12.6. The maximum Gasteiger partial charge on any atom is 0.268 e. The molecule has 4 bridgehead atoms. The molecular formula is C17H28B2O7PY-. The molecule has 0 aromatic heterocycles. The first-order valence-electron chi connectivity index (χ1n) is 10.1. The van der Waals surface area contributed by atoms with Gasteiger partial charge in [0, 0.05) is 56.6 Å². The van der Waals surface area contributed by atoms with Crippen molar-refractivity contribution in [3.63, 3.8) is 0 Å². The molecule has 4 aliphatic rings. The first-order chi connectivity index (χ1) is 12.8. The summed E-state index contributed by atoms with van der Waals surface area (Å²) in [6.07, 6.45) is 2.52.